The number of carbonyl (C=O) groups excluding carboxylic acids is 1. The Morgan fingerprint density at radius 1 is 1.14 bits per heavy atom. The van der Waals surface area contributed by atoms with Crippen LogP contribution in [0.25, 0.3) is 0 Å². The van der Waals surface area contributed by atoms with Crippen molar-refractivity contribution >= 4 is 11.6 Å². The van der Waals surface area contributed by atoms with Gasteiger partial charge in [0.2, 0.25) is 5.91 Å². The summed E-state index contributed by atoms with van der Waals surface area (Å²) in [6, 6.07) is 10.7. The van der Waals surface area contributed by atoms with E-state index in [9.17, 15) is 4.79 Å². The monoisotopic (exact) mass is 397 g/mol. The van der Waals surface area contributed by atoms with Crippen molar-refractivity contribution in [1.29, 1.82) is 0 Å². The maximum atomic E-state index is 12.7. The molecule has 0 aromatic heterocycles. The van der Waals surface area contributed by atoms with Crippen LogP contribution in [0.15, 0.2) is 30.3 Å². The summed E-state index contributed by atoms with van der Waals surface area (Å²) in [7, 11) is 0. The maximum Gasteiger partial charge on any atom is 0.238 e. The molecular weight excluding hydrogens is 362 g/mol. The van der Waals surface area contributed by atoms with Crippen molar-refractivity contribution in [3.8, 4) is 0 Å². The predicted octanol–water partition coefficient (Wildman–Crippen LogP) is 3.90. The van der Waals surface area contributed by atoms with Crippen molar-refractivity contribution in [2.24, 2.45) is 17.8 Å². The number of hydrogen-bond acceptors (Lipinski definition) is 4. The van der Waals surface area contributed by atoms with Crippen LogP contribution in [0.5, 0.6) is 0 Å². The summed E-state index contributed by atoms with van der Waals surface area (Å²) in [6.45, 7) is 12.1. The molecule has 0 radical (unpaired) electrons. The minimum Gasteiger partial charge on any atom is -0.357 e. The molecule has 0 unspecified atom stereocenters. The van der Waals surface area contributed by atoms with E-state index in [1.807, 2.05) is 11.1 Å². The molecule has 1 saturated carbocycles. The minimum atomic E-state index is 0.0357. The van der Waals surface area contributed by atoms with E-state index in [4.69, 9.17) is 4.74 Å². The lowest BCUT2D eigenvalue weighted by Crippen LogP contribution is -2.66. The molecule has 1 aromatic rings. The second-order valence-corrected chi connectivity index (χ2v) is 10.3. The third-order valence-corrected chi connectivity index (χ3v) is 8.32. The van der Waals surface area contributed by atoms with Gasteiger partial charge in [-0.15, -0.1) is 0 Å². The van der Waals surface area contributed by atoms with Gasteiger partial charge in [-0.2, -0.15) is 0 Å². The van der Waals surface area contributed by atoms with Gasteiger partial charge in [-0.3, -0.25) is 19.7 Å². The highest BCUT2D eigenvalue weighted by Gasteiger charge is 2.63. The molecule has 3 saturated heterocycles. The topological polar surface area (TPSA) is 36.0 Å². The van der Waals surface area contributed by atoms with Crippen molar-refractivity contribution in [1.82, 2.24) is 9.91 Å². The molecule has 1 amide bonds. The van der Waals surface area contributed by atoms with Crippen molar-refractivity contribution in [3.05, 3.63) is 30.3 Å². The lowest BCUT2D eigenvalue weighted by atomic mass is 9.70. The van der Waals surface area contributed by atoms with Crippen LogP contribution in [-0.2, 0) is 9.53 Å². The van der Waals surface area contributed by atoms with Crippen LogP contribution in [-0.4, -0.2) is 52.3 Å². The lowest BCUT2D eigenvalue weighted by Gasteiger charge is -2.56. The highest BCUT2D eigenvalue weighted by Crippen LogP contribution is 2.52. The molecule has 1 aliphatic carbocycles. The third kappa shape index (κ3) is 2.77. The summed E-state index contributed by atoms with van der Waals surface area (Å²) in [5.41, 5.74) is 1.21. The number of carbonyl (C=O) groups is 1. The molecule has 29 heavy (non-hydrogen) atoms. The largest absolute Gasteiger partial charge is 0.357 e. The molecule has 158 valence electrons. The normalized spacial score (nSPS) is 41.1. The molecule has 5 heteroatoms. The molecule has 4 aliphatic rings. The molecule has 7 atom stereocenters. The lowest BCUT2D eigenvalue weighted by molar-refractivity contribution is -0.222. The van der Waals surface area contributed by atoms with Gasteiger partial charge in [-0.05, 0) is 51.7 Å². The van der Waals surface area contributed by atoms with Crippen LogP contribution < -0.4 is 5.01 Å². The highest BCUT2D eigenvalue weighted by atomic mass is 16.5. The molecule has 0 N–H and O–H groups in total. The zero-order chi connectivity index (χ0) is 20.5. The van der Waals surface area contributed by atoms with Crippen LogP contribution in [0.2, 0.25) is 0 Å². The Kier molecular flexibility index (Phi) is 4.48. The average molecular weight is 398 g/mol. The van der Waals surface area contributed by atoms with Crippen LogP contribution in [0.1, 0.15) is 53.9 Å². The Bertz CT molecular complexity index is 782. The number of fused-ring (bicyclic) bond motifs is 4. The van der Waals surface area contributed by atoms with Crippen LogP contribution >= 0.6 is 0 Å². The van der Waals surface area contributed by atoms with E-state index < -0.39 is 0 Å². The van der Waals surface area contributed by atoms with E-state index in [2.05, 4.69) is 61.9 Å². The quantitative estimate of drug-likeness (QED) is 0.720. The van der Waals surface area contributed by atoms with E-state index in [1.165, 1.54) is 12.8 Å². The molecule has 3 aliphatic heterocycles. The fraction of sp³-hybridized carbons (Fsp3) is 0.708. The van der Waals surface area contributed by atoms with Gasteiger partial charge >= 0.3 is 0 Å². The van der Waals surface area contributed by atoms with Gasteiger partial charge in [-0.25, -0.2) is 0 Å². The Morgan fingerprint density at radius 2 is 1.86 bits per heavy atom. The van der Waals surface area contributed by atoms with Crippen LogP contribution in [0, 0.1) is 17.8 Å². The first kappa shape index (κ1) is 19.4. The second-order valence-electron chi connectivity index (χ2n) is 10.3. The first-order valence-electron chi connectivity index (χ1n) is 11.4. The molecular formula is C24H35N3O2. The number of anilines is 1. The van der Waals surface area contributed by atoms with Crippen LogP contribution in [0.4, 0.5) is 5.69 Å². The van der Waals surface area contributed by atoms with Gasteiger partial charge in [0.1, 0.15) is 6.23 Å². The zero-order valence-corrected chi connectivity index (χ0v) is 18.4. The fourth-order valence-electron chi connectivity index (χ4n) is 6.81. The van der Waals surface area contributed by atoms with Gasteiger partial charge < -0.3 is 4.74 Å². The maximum absolute atomic E-state index is 12.7. The van der Waals surface area contributed by atoms with Crippen LogP contribution in [0.3, 0.4) is 0 Å². The van der Waals surface area contributed by atoms with Gasteiger partial charge in [0.05, 0.1) is 23.9 Å². The Hall–Kier alpha value is -1.59. The van der Waals surface area contributed by atoms with E-state index in [0.717, 1.165) is 24.6 Å². The number of amides is 1. The summed E-state index contributed by atoms with van der Waals surface area (Å²) in [4.78, 5) is 15.3. The Morgan fingerprint density at radius 3 is 2.55 bits per heavy atom. The first-order valence-corrected chi connectivity index (χ1v) is 11.4. The molecule has 0 bridgehead atoms. The van der Waals surface area contributed by atoms with E-state index in [-0.39, 0.29) is 29.8 Å². The summed E-state index contributed by atoms with van der Waals surface area (Å²) < 4.78 is 6.91. The Balaban J connectivity index is 1.55. The number of benzene rings is 1. The molecule has 0 spiro atoms. The van der Waals surface area contributed by atoms with Gasteiger partial charge in [0.15, 0.2) is 0 Å². The summed E-state index contributed by atoms with van der Waals surface area (Å²) >= 11 is 0. The SMILES string of the molecule is CC(=O)N1[C@@H](C)[C@@H]2CN3[C@@H](O[C@@H]4C[C@H](C)CC[C@H]4C3(C)C)[C@@H]2N1c1ccccc1. The van der Waals surface area contributed by atoms with Gasteiger partial charge in [-0.1, -0.05) is 31.5 Å². The van der Waals surface area contributed by atoms with Crippen molar-refractivity contribution in [2.75, 3.05) is 11.6 Å². The molecule has 5 nitrogen and oxygen atoms in total. The third-order valence-electron chi connectivity index (χ3n) is 8.32. The predicted molar refractivity (Wildman–Crippen MR) is 114 cm³/mol. The smallest absolute Gasteiger partial charge is 0.238 e. The second kappa shape index (κ2) is 6.71. The Labute approximate surface area is 175 Å². The van der Waals surface area contributed by atoms with E-state index >= 15 is 0 Å². The van der Waals surface area contributed by atoms with E-state index in [0.29, 0.717) is 17.9 Å². The van der Waals surface area contributed by atoms with Gasteiger partial charge in [0, 0.05) is 30.8 Å². The zero-order valence-electron chi connectivity index (χ0n) is 18.4. The average Bonchev–Trinajstić information content (AvgIpc) is 3.18. The summed E-state index contributed by atoms with van der Waals surface area (Å²) in [6.07, 6.45) is 4.09. The van der Waals surface area contributed by atoms with Crippen molar-refractivity contribution in [2.45, 2.75) is 83.8 Å². The fourth-order valence-corrected chi connectivity index (χ4v) is 6.81. The molecule has 4 fully saturated rings. The standard InChI is InChI=1S/C24H35N3O2/c1-15-11-12-20-21(13-15)29-23-22-19(14-25(23)24(20,4)5)16(2)26(17(3)28)27(22)18-9-7-6-8-10-18/h6-10,15-16,19-23H,11-14H2,1-5H3/t15-,16+,19+,20-,21-,22-,23+/m1/s1. The highest BCUT2D eigenvalue weighted by molar-refractivity contribution is 5.77. The molecule has 5 rings (SSSR count). The number of ether oxygens (including phenoxy) is 1. The number of para-hydroxylation sites is 1. The number of rotatable bonds is 1. The van der Waals surface area contributed by atoms with Crippen molar-refractivity contribution in [3.63, 3.8) is 0 Å². The first-order chi connectivity index (χ1) is 13.8. The van der Waals surface area contributed by atoms with Gasteiger partial charge in [0.25, 0.3) is 0 Å². The number of nitrogens with zero attached hydrogens (tertiary/aromatic N) is 3. The van der Waals surface area contributed by atoms with E-state index in [1.54, 1.807) is 6.92 Å². The molecule has 3 heterocycles. The summed E-state index contributed by atoms with van der Waals surface area (Å²) in [5, 5.41) is 4.24. The number of hydrogen-bond donors (Lipinski definition) is 0. The van der Waals surface area contributed by atoms with Crippen molar-refractivity contribution < 1.29 is 9.53 Å². The number of hydrazine groups is 1. The minimum absolute atomic E-state index is 0.0357. The molecule has 1 aromatic carbocycles. The summed E-state index contributed by atoms with van der Waals surface area (Å²) in [5.74, 6) is 1.83.